The molecule has 1 aromatic heterocycles. The highest BCUT2D eigenvalue weighted by Gasteiger charge is 2.18. The summed E-state index contributed by atoms with van der Waals surface area (Å²) in [5, 5.41) is 13.8. The fraction of sp³-hybridized carbons (Fsp3) is 0.294. The maximum Gasteiger partial charge on any atom is 0.292 e. The minimum atomic E-state index is -0.588. The number of hydrogen-bond acceptors (Lipinski definition) is 6. The normalized spacial score (nSPS) is 14.7. The Labute approximate surface area is 154 Å². The molecule has 0 saturated carbocycles. The van der Waals surface area contributed by atoms with E-state index in [9.17, 15) is 14.9 Å². The first kappa shape index (κ1) is 18.1. The Morgan fingerprint density at radius 1 is 1.31 bits per heavy atom. The SMILES string of the molecule is O=C(Nc1cc(Cl)ccc1[N+](=O)[O-])c1ccc(OC2CCOCC2)nc1. The summed E-state index contributed by atoms with van der Waals surface area (Å²) >= 11 is 5.85. The van der Waals surface area contributed by atoms with Crippen molar-refractivity contribution in [2.75, 3.05) is 18.5 Å². The summed E-state index contributed by atoms with van der Waals surface area (Å²) < 4.78 is 11.0. The lowest BCUT2D eigenvalue weighted by Crippen LogP contribution is -2.26. The maximum atomic E-state index is 12.3. The molecule has 2 heterocycles. The van der Waals surface area contributed by atoms with Gasteiger partial charge in [-0.05, 0) is 18.2 Å². The fourth-order valence-electron chi connectivity index (χ4n) is 2.51. The number of amides is 1. The number of nitrogens with one attached hydrogen (secondary N) is 1. The van der Waals surface area contributed by atoms with Crippen molar-refractivity contribution in [2.45, 2.75) is 18.9 Å². The second kappa shape index (κ2) is 8.11. The molecule has 0 unspecified atom stereocenters. The lowest BCUT2D eigenvalue weighted by Gasteiger charge is -2.22. The van der Waals surface area contributed by atoms with Gasteiger partial charge in [-0.2, -0.15) is 0 Å². The average Bonchev–Trinajstić information content (AvgIpc) is 2.63. The van der Waals surface area contributed by atoms with E-state index >= 15 is 0 Å². The first-order chi connectivity index (χ1) is 12.5. The zero-order valence-corrected chi connectivity index (χ0v) is 14.4. The van der Waals surface area contributed by atoms with Crippen LogP contribution in [-0.2, 0) is 4.74 Å². The van der Waals surface area contributed by atoms with Crippen LogP contribution in [0.15, 0.2) is 36.5 Å². The number of nitro benzene ring substituents is 1. The van der Waals surface area contributed by atoms with E-state index < -0.39 is 10.8 Å². The second-order valence-electron chi connectivity index (χ2n) is 5.69. The van der Waals surface area contributed by atoms with Gasteiger partial charge < -0.3 is 14.8 Å². The summed E-state index contributed by atoms with van der Waals surface area (Å²) in [5.74, 6) is -0.109. The number of halogens is 1. The van der Waals surface area contributed by atoms with Crippen LogP contribution in [0.5, 0.6) is 5.88 Å². The lowest BCUT2D eigenvalue weighted by molar-refractivity contribution is -0.383. The minimum Gasteiger partial charge on any atom is -0.474 e. The summed E-state index contributed by atoms with van der Waals surface area (Å²) in [6, 6.07) is 7.10. The highest BCUT2D eigenvalue weighted by Crippen LogP contribution is 2.28. The highest BCUT2D eigenvalue weighted by atomic mass is 35.5. The number of hydrogen-bond donors (Lipinski definition) is 1. The van der Waals surface area contributed by atoms with Gasteiger partial charge in [0.1, 0.15) is 11.8 Å². The van der Waals surface area contributed by atoms with E-state index in [0.29, 0.717) is 19.1 Å². The number of aromatic nitrogens is 1. The van der Waals surface area contributed by atoms with Crippen LogP contribution in [0.25, 0.3) is 0 Å². The second-order valence-corrected chi connectivity index (χ2v) is 6.12. The molecule has 0 spiro atoms. The van der Waals surface area contributed by atoms with Crippen molar-refractivity contribution in [2.24, 2.45) is 0 Å². The molecular formula is C17H16ClN3O5. The summed E-state index contributed by atoms with van der Waals surface area (Å²) in [5.41, 5.74) is 0.0313. The van der Waals surface area contributed by atoms with E-state index in [-0.39, 0.29) is 28.1 Å². The summed E-state index contributed by atoms with van der Waals surface area (Å²) in [6.07, 6.45) is 3.00. The zero-order valence-electron chi connectivity index (χ0n) is 13.7. The molecule has 1 aliphatic rings. The smallest absolute Gasteiger partial charge is 0.292 e. The monoisotopic (exact) mass is 377 g/mol. The van der Waals surface area contributed by atoms with Crippen molar-refractivity contribution in [3.8, 4) is 5.88 Å². The van der Waals surface area contributed by atoms with Gasteiger partial charge in [-0.3, -0.25) is 14.9 Å². The third-order valence-corrected chi connectivity index (χ3v) is 4.09. The highest BCUT2D eigenvalue weighted by molar-refractivity contribution is 6.31. The van der Waals surface area contributed by atoms with Crippen LogP contribution in [0, 0.1) is 10.1 Å². The van der Waals surface area contributed by atoms with Crippen LogP contribution in [0.3, 0.4) is 0 Å². The van der Waals surface area contributed by atoms with Gasteiger partial charge in [0.25, 0.3) is 11.6 Å². The topological polar surface area (TPSA) is 104 Å². The quantitative estimate of drug-likeness (QED) is 0.632. The number of nitrogens with zero attached hydrogens (tertiary/aromatic N) is 2. The molecule has 136 valence electrons. The molecule has 1 saturated heterocycles. The molecule has 0 bridgehead atoms. The molecule has 0 aliphatic carbocycles. The van der Waals surface area contributed by atoms with E-state index in [4.69, 9.17) is 21.1 Å². The average molecular weight is 378 g/mol. The first-order valence-electron chi connectivity index (χ1n) is 7.98. The van der Waals surface area contributed by atoms with E-state index in [1.54, 1.807) is 12.1 Å². The van der Waals surface area contributed by atoms with E-state index in [1.807, 2.05) is 0 Å². The molecule has 1 amide bonds. The predicted octanol–water partition coefficient (Wildman–Crippen LogP) is 3.45. The zero-order chi connectivity index (χ0) is 18.5. The molecule has 9 heteroatoms. The maximum absolute atomic E-state index is 12.3. The largest absolute Gasteiger partial charge is 0.474 e. The van der Waals surface area contributed by atoms with Gasteiger partial charge in [-0.1, -0.05) is 11.6 Å². The molecule has 1 aliphatic heterocycles. The number of anilines is 1. The Bertz CT molecular complexity index is 807. The van der Waals surface area contributed by atoms with Crippen LogP contribution in [0.1, 0.15) is 23.2 Å². The van der Waals surface area contributed by atoms with Gasteiger partial charge in [-0.25, -0.2) is 4.98 Å². The molecular weight excluding hydrogens is 362 g/mol. The van der Waals surface area contributed by atoms with Gasteiger partial charge in [0, 0.05) is 36.2 Å². The predicted molar refractivity (Wildman–Crippen MR) is 94.8 cm³/mol. The van der Waals surface area contributed by atoms with Gasteiger partial charge >= 0.3 is 0 Å². The van der Waals surface area contributed by atoms with Crippen LogP contribution >= 0.6 is 11.6 Å². The number of nitro groups is 1. The molecule has 1 fully saturated rings. The molecule has 0 radical (unpaired) electrons. The standard InChI is InChI=1S/C17H16ClN3O5/c18-12-2-3-15(21(23)24)14(9-12)20-17(22)11-1-4-16(19-10-11)26-13-5-7-25-8-6-13/h1-4,9-10,13H,5-8H2,(H,20,22). The molecule has 3 rings (SSSR count). The third-order valence-electron chi connectivity index (χ3n) is 3.86. The molecule has 1 aromatic carbocycles. The van der Waals surface area contributed by atoms with E-state index in [1.165, 1.54) is 24.4 Å². The minimum absolute atomic E-state index is 0.0232. The van der Waals surface area contributed by atoms with Crippen LogP contribution in [0.2, 0.25) is 5.02 Å². The van der Waals surface area contributed by atoms with Gasteiger partial charge in [0.2, 0.25) is 5.88 Å². The Morgan fingerprint density at radius 2 is 2.08 bits per heavy atom. The Hall–Kier alpha value is -2.71. The third kappa shape index (κ3) is 4.47. The van der Waals surface area contributed by atoms with Gasteiger partial charge in [0.05, 0.1) is 23.7 Å². The number of pyridine rings is 1. The van der Waals surface area contributed by atoms with E-state index in [0.717, 1.165) is 12.8 Å². The summed E-state index contributed by atoms with van der Waals surface area (Å²) in [6.45, 7) is 1.31. The van der Waals surface area contributed by atoms with Crippen molar-refractivity contribution in [3.05, 3.63) is 57.2 Å². The van der Waals surface area contributed by atoms with Gasteiger partial charge in [0.15, 0.2) is 0 Å². The van der Waals surface area contributed by atoms with Crippen molar-refractivity contribution in [1.29, 1.82) is 0 Å². The molecule has 26 heavy (non-hydrogen) atoms. The number of benzene rings is 1. The first-order valence-corrected chi connectivity index (χ1v) is 8.36. The number of ether oxygens (including phenoxy) is 2. The fourth-order valence-corrected chi connectivity index (χ4v) is 2.68. The van der Waals surface area contributed by atoms with Crippen LogP contribution in [-0.4, -0.2) is 35.1 Å². The van der Waals surface area contributed by atoms with Crippen LogP contribution < -0.4 is 10.1 Å². The Morgan fingerprint density at radius 3 is 2.73 bits per heavy atom. The van der Waals surface area contributed by atoms with Crippen molar-refractivity contribution in [1.82, 2.24) is 4.98 Å². The molecule has 8 nitrogen and oxygen atoms in total. The number of carbonyl (C=O) groups excluding carboxylic acids is 1. The van der Waals surface area contributed by atoms with Gasteiger partial charge in [-0.15, -0.1) is 0 Å². The van der Waals surface area contributed by atoms with Crippen molar-refractivity contribution in [3.63, 3.8) is 0 Å². The Kier molecular flexibility index (Phi) is 5.65. The van der Waals surface area contributed by atoms with Crippen molar-refractivity contribution >= 4 is 28.9 Å². The van der Waals surface area contributed by atoms with Crippen molar-refractivity contribution < 1.29 is 19.2 Å². The number of rotatable bonds is 5. The Balaban J connectivity index is 1.68. The lowest BCUT2D eigenvalue weighted by atomic mass is 10.1. The summed E-state index contributed by atoms with van der Waals surface area (Å²) in [4.78, 5) is 26.9. The molecule has 2 aromatic rings. The summed E-state index contributed by atoms with van der Waals surface area (Å²) in [7, 11) is 0. The number of carbonyl (C=O) groups is 1. The molecule has 1 N–H and O–H groups in total. The molecule has 0 atom stereocenters. The van der Waals surface area contributed by atoms with Crippen LogP contribution in [0.4, 0.5) is 11.4 Å². The van der Waals surface area contributed by atoms with E-state index in [2.05, 4.69) is 10.3 Å².